The van der Waals surface area contributed by atoms with Gasteiger partial charge >= 0.3 is 5.97 Å². The Labute approximate surface area is 93.8 Å². The largest absolute Gasteiger partial charge is 0.482 e. The Morgan fingerprint density at radius 3 is 2.88 bits per heavy atom. The molecule has 0 saturated carbocycles. The molecule has 0 heterocycles. The number of anilines is 1. The van der Waals surface area contributed by atoms with E-state index in [1.54, 1.807) is 25.1 Å². The highest BCUT2D eigenvalue weighted by Gasteiger charge is 2.05. The van der Waals surface area contributed by atoms with Gasteiger partial charge < -0.3 is 20.3 Å². The van der Waals surface area contributed by atoms with E-state index in [0.717, 1.165) is 0 Å². The summed E-state index contributed by atoms with van der Waals surface area (Å²) in [5.41, 5.74) is 6.66. The van der Waals surface area contributed by atoms with Crippen LogP contribution in [-0.4, -0.2) is 24.3 Å². The van der Waals surface area contributed by atoms with Gasteiger partial charge in [-0.2, -0.15) is 0 Å². The van der Waals surface area contributed by atoms with Gasteiger partial charge in [-0.3, -0.25) is 0 Å². The van der Waals surface area contributed by atoms with Gasteiger partial charge in [0, 0.05) is 11.3 Å². The van der Waals surface area contributed by atoms with Gasteiger partial charge in [-0.25, -0.2) is 4.79 Å². The summed E-state index contributed by atoms with van der Waals surface area (Å²) in [4.78, 5) is 11.0. The van der Waals surface area contributed by atoms with Crippen LogP contribution in [0.15, 0.2) is 18.2 Å². The second-order valence-corrected chi connectivity index (χ2v) is 3.11. The number of nitrogen functional groups attached to an aromatic ring is 1. The molecule has 1 aromatic rings. The lowest BCUT2D eigenvalue weighted by Gasteiger charge is -2.08. The van der Waals surface area contributed by atoms with Crippen LogP contribution in [-0.2, 0) is 16.1 Å². The first-order valence-electron chi connectivity index (χ1n) is 4.95. The van der Waals surface area contributed by atoms with Crippen LogP contribution < -0.4 is 10.5 Å². The molecule has 0 aliphatic rings. The molecule has 16 heavy (non-hydrogen) atoms. The first kappa shape index (κ1) is 12.3. The summed E-state index contributed by atoms with van der Waals surface area (Å²) in [7, 11) is 0. The van der Waals surface area contributed by atoms with Crippen molar-refractivity contribution in [2.45, 2.75) is 13.5 Å². The van der Waals surface area contributed by atoms with E-state index in [1.165, 1.54) is 0 Å². The highest BCUT2D eigenvalue weighted by atomic mass is 16.6. The van der Waals surface area contributed by atoms with Crippen molar-refractivity contribution in [2.75, 3.05) is 18.9 Å². The normalized spacial score (nSPS) is 9.88. The van der Waals surface area contributed by atoms with Crippen molar-refractivity contribution in [3.8, 4) is 5.75 Å². The number of aliphatic hydroxyl groups excluding tert-OH is 1. The van der Waals surface area contributed by atoms with Crippen molar-refractivity contribution in [1.29, 1.82) is 0 Å². The van der Waals surface area contributed by atoms with Crippen LogP contribution in [0.4, 0.5) is 5.69 Å². The molecule has 0 radical (unpaired) electrons. The van der Waals surface area contributed by atoms with Crippen LogP contribution in [0.1, 0.15) is 12.5 Å². The molecule has 0 aromatic heterocycles. The molecule has 0 bridgehead atoms. The standard InChI is InChI=1S/C11H15NO4/c1-2-15-11(14)7-16-9-3-4-10(12)8(5-9)6-13/h3-5,13H,2,6-7,12H2,1H3. The summed E-state index contributed by atoms with van der Waals surface area (Å²) in [6, 6.07) is 4.84. The third-order valence-corrected chi connectivity index (χ3v) is 1.95. The van der Waals surface area contributed by atoms with Crippen LogP contribution in [0.2, 0.25) is 0 Å². The third kappa shape index (κ3) is 3.43. The fourth-order valence-electron chi connectivity index (χ4n) is 1.15. The van der Waals surface area contributed by atoms with Gasteiger partial charge in [0.15, 0.2) is 6.61 Å². The zero-order valence-corrected chi connectivity index (χ0v) is 9.10. The fourth-order valence-corrected chi connectivity index (χ4v) is 1.15. The molecular weight excluding hydrogens is 210 g/mol. The molecule has 1 rings (SSSR count). The van der Waals surface area contributed by atoms with Crippen molar-refractivity contribution < 1.29 is 19.4 Å². The van der Waals surface area contributed by atoms with E-state index in [0.29, 0.717) is 23.6 Å². The van der Waals surface area contributed by atoms with Crippen LogP contribution >= 0.6 is 0 Å². The van der Waals surface area contributed by atoms with Crippen molar-refractivity contribution >= 4 is 11.7 Å². The maximum absolute atomic E-state index is 11.0. The molecule has 88 valence electrons. The van der Waals surface area contributed by atoms with Gasteiger partial charge in [0.1, 0.15) is 5.75 Å². The number of hydrogen-bond acceptors (Lipinski definition) is 5. The molecular formula is C11H15NO4. The number of ether oxygens (including phenoxy) is 2. The van der Waals surface area contributed by atoms with Crippen LogP contribution in [0.5, 0.6) is 5.75 Å². The van der Waals surface area contributed by atoms with Crippen molar-refractivity contribution in [3.63, 3.8) is 0 Å². The monoisotopic (exact) mass is 225 g/mol. The molecule has 3 N–H and O–H groups in total. The van der Waals surface area contributed by atoms with Crippen LogP contribution in [0.25, 0.3) is 0 Å². The Hall–Kier alpha value is -1.75. The van der Waals surface area contributed by atoms with E-state index in [1.807, 2.05) is 0 Å². The van der Waals surface area contributed by atoms with Gasteiger partial charge in [0.05, 0.1) is 13.2 Å². The third-order valence-electron chi connectivity index (χ3n) is 1.95. The number of rotatable bonds is 5. The topological polar surface area (TPSA) is 81.8 Å². The van der Waals surface area contributed by atoms with Crippen LogP contribution in [0, 0.1) is 0 Å². The molecule has 0 amide bonds. The van der Waals surface area contributed by atoms with Gasteiger partial charge in [-0.1, -0.05) is 0 Å². The summed E-state index contributed by atoms with van der Waals surface area (Å²) in [5, 5.41) is 8.98. The lowest BCUT2D eigenvalue weighted by Crippen LogP contribution is -2.14. The summed E-state index contributed by atoms with van der Waals surface area (Å²) in [5.74, 6) is 0.0520. The highest BCUT2D eigenvalue weighted by molar-refractivity contribution is 5.71. The minimum absolute atomic E-state index is 0.150. The van der Waals surface area contributed by atoms with Crippen LogP contribution in [0.3, 0.4) is 0 Å². The minimum atomic E-state index is -0.426. The van der Waals surface area contributed by atoms with E-state index in [2.05, 4.69) is 0 Å². The Balaban J connectivity index is 2.57. The lowest BCUT2D eigenvalue weighted by atomic mass is 10.2. The van der Waals surface area contributed by atoms with Gasteiger partial charge in [-0.15, -0.1) is 0 Å². The van der Waals surface area contributed by atoms with Gasteiger partial charge in [-0.05, 0) is 25.1 Å². The Bertz CT molecular complexity index is 365. The zero-order valence-electron chi connectivity index (χ0n) is 9.10. The average Bonchev–Trinajstić information content (AvgIpc) is 2.28. The second kappa shape index (κ2) is 5.97. The highest BCUT2D eigenvalue weighted by Crippen LogP contribution is 2.19. The molecule has 0 fully saturated rings. The first-order valence-corrected chi connectivity index (χ1v) is 4.95. The number of carbonyl (C=O) groups is 1. The van der Waals surface area contributed by atoms with E-state index in [9.17, 15) is 4.79 Å². The smallest absolute Gasteiger partial charge is 0.344 e. The quantitative estimate of drug-likeness (QED) is 0.569. The maximum atomic E-state index is 11.0. The molecule has 5 nitrogen and oxygen atoms in total. The Morgan fingerprint density at radius 2 is 2.25 bits per heavy atom. The molecule has 0 saturated heterocycles. The number of aliphatic hydroxyl groups is 1. The van der Waals surface area contributed by atoms with Crippen molar-refractivity contribution in [3.05, 3.63) is 23.8 Å². The van der Waals surface area contributed by atoms with E-state index < -0.39 is 5.97 Å². The van der Waals surface area contributed by atoms with E-state index in [-0.39, 0.29) is 13.2 Å². The molecule has 5 heteroatoms. The summed E-state index contributed by atoms with van der Waals surface area (Å²) < 4.78 is 9.88. The predicted octanol–water partition coefficient (Wildman–Crippen LogP) is 0.703. The lowest BCUT2D eigenvalue weighted by molar-refractivity contribution is -0.145. The molecule has 0 unspecified atom stereocenters. The summed E-state index contributed by atoms with van der Waals surface area (Å²) in [6.07, 6.45) is 0. The number of benzene rings is 1. The van der Waals surface area contributed by atoms with E-state index in [4.69, 9.17) is 20.3 Å². The van der Waals surface area contributed by atoms with Gasteiger partial charge in [0.2, 0.25) is 0 Å². The SMILES string of the molecule is CCOC(=O)COc1ccc(N)c(CO)c1. The molecule has 1 aromatic carbocycles. The summed E-state index contributed by atoms with van der Waals surface area (Å²) >= 11 is 0. The van der Waals surface area contributed by atoms with E-state index >= 15 is 0 Å². The second-order valence-electron chi connectivity index (χ2n) is 3.11. The average molecular weight is 225 g/mol. The first-order chi connectivity index (χ1) is 7.67. The minimum Gasteiger partial charge on any atom is -0.482 e. The summed E-state index contributed by atoms with van der Waals surface area (Å²) in [6.45, 7) is 1.74. The predicted molar refractivity (Wildman–Crippen MR) is 58.9 cm³/mol. The number of nitrogens with two attached hydrogens (primary N) is 1. The molecule has 0 aliphatic carbocycles. The van der Waals surface area contributed by atoms with Gasteiger partial charge in [0.25, 0.3) is 0 Å². The molecule has 0 aliphatic heterocycles. The molecule has 0 spiro atoms. The number of carbonyl (C=O) groups excluding carboxylic acids is 1. The number of hydrogen-bond donors (Lipinski definition) is 2. The zero-order chi connectivity index (χ0) is 12.0. The molecule has 0 atom stereocenters. The Morgan fingerprint density at radius 1 is 1.50 bits per heavy atom. The maximum Gasteiger partial charge on any atom is 0.344 e. The fraction of sp³-hybridized carbons (Fsp3) is 0.364. The van der Waals surface area contributed by atoms with Crippen molar-refractivity contribution in [2.24, 2.45) is 0 Å². The Kier molecular flexibility index (Phi) is 4.60. The van der Waals surface area contributed by atoms with Crippen molar-refractivity contribution in [1.82, 2.24) is 0 Å². The number of esters is 1.